The van der Waals surface area contributed by atoms with Gasteiger partial charge >= 0.3 is 0 Å². The van der Waals surface area contributed by atoms with Crippen molar-refractivity contribution in [3.8, 4) is 0 Å². The van der Waals surface area contributed by atoms with E-state index in [0.29, 0.717) is 4.90 Å². The highest BCUT2D eigenvalue weighted by atomic mass is 35.5. The molecular formula is C15H15ClN2O4S2. The van der Waals surface area contributed by atoms with Crippen LogP contribution in [0.4, 0.5) is 5.69 Å². The van der Waals surface area contributed by atoms with Crippen molar-refractivity contribution in [3.63, 3.8) is 0 Å². The molecule has 0 heterocycles. The minimum atomic E-state index is -3.84. The molecule has 128 valence electrons. The van der Waals surface area contributed by atoms with Gasteiger partial charge in [0.05, 0.1) is 26.4 Å². The average Bonchev–Trinajstić information content (AvgIpc) is 2.54. The second kappa shape index (κ2) is 7.43. The molecule has 6 nitrogen and oxygen atoms in total. The standard InChI is InChI=1S/C15H15ClN2O4S2/c1-10(19)18-13-8-12(16)15(24(21,22)17-2)9-14(13)23(20)11-6-4-3-5-7-11/h3-9,17H,1-2H3,(H,18,19). The lowest BCUT2D eigenvalue weighted by atomic mass is 10.3. The van der Waals surface area contributed by atoms with Gasteiger partial charge in [-0.3, -0.25) is 4.79 Å². The van der Waals surface area contributed by atoms with Crippen LogP contribution in [-0.2, 0) is 25.6 Å². The van der Waals surface area contributed by atoms with E-state index < -0.39 is 20.8 Å². The van der Waals surface area contributed by atoms with E-state index in [1.54, 1.807) is 30.3 Å². The molecule has 1 unspecified atom stereocenters. The minimum absolute atomic E-state index is 0.0816. The second-order valence-electron chi connectivity index (χ2n) is 4.75. The highest BCUT2D eigenvalue weighted by Crippen LogP contribution is 2.32. The van der Waals surface area contributed by atoms with Crippen LogP contribution in [0.15, 0.2) is 57.2 Å². The lowest BCUT2D eigenvalue weighted by Crippen LogP contribution is -2.20. The molecule has 0 saturated carbocycles. The van der Waals surface area contributed by atoms with Crippen LogP contribution in [0.2, 0.25) is 5.02 Å². The Hall–Kier alpha value is -1.74. The Balaban J connectivity index is 2.68. The first-order chi connectivity index (χ1) is 11.3. The molecule has 0 aliphatic heterocycles. The zero-order valence-electron chi connectivity index (χ0n) is 12.9. The minimum Gasteiger partial charge on any atom is -0.325 e. The highest BCUT2D eigenvalue weighted by molar-refractivity contribution is 7.89. The number of hydrogen-bond acceptors (Lipinski definition) is 4. The van der Waals surface area contributed by atoms with Gasteiger partial charge in [-0.2, -0.15) is 0 Å². The molecule has 0 fully saturated rings. The van der Waals surface area contributed by atoms with E-state index in [1.807, 2.05) is 0 Å². The van der Waals surface area contributed by atoms with Gasteiger partial charge in [-0.15, -0.1) is 0 Å². The summed E-state index contributed by atoms with van der Waals surface area (Å²) in [6.07, 6.45) is 0. The van der Waals surface area contributed by atoms with E-state index in [4.69, 9.17) is 11.6 Å². The number of benzene rings is 2. The predicted molar refractivity (Wildman–Crippen MR) is 93.1 cm³/mol. The van der Waals surface area contributed by atoms with Crippen molar-refractivity contribution in [2.24, 2.45) is 0 Å². The van der Waals surface area contributed by atoms with Crippen molar-refractivity contribution in [1.82, 2.24) is 4.72 Å². The van der Waals surface area contributed by atoms with Gasteiger partial charge < -0.3 is 5.32 Å². The first-order valence-electron chi connectivity index (χ1n) is 6.77. The van der Waals surface area contributed by atoms with Crippen LogP contribution in [0.5, 0.6) is 0 Å². The van der Waals surface area contributed by atoms with E-state index >= 15 is 0 Å². The summed E-state index contributed by atoms with van der Waals surface area (Å²) in [6, 6.07) is 11.0. The number of anilines is 1. The fourth-order valence-corrected chi connectivity index (χ4v) is 4.51. The van der Waals surface area contributed by atoms with Crippen molar-refractivity contribution < 1.29 is 17.4 Å². The lowest BCUT2D eigenvalue weighted by molar-refractivity contribution is -0.114. The quantitative estimate of drug-likeness (QED) is 0.825. The summed E-state index contributed by atoms with van der Waals surface area (Å²) in [6.45, 7) is 1.29. The zero-order chi connectivity index (χ0) is 17.9. The summed E-state index contributed by atoms with van der Waals surface area (Å²) >= 11 is 6.03. The fraction of sp³-hybridized carbons (Fsp3) is 0.133. The number of sulfonamides is 1. The lowest BCUT2D eigenvalue weighted by Gasteiger charge is -2.14. The van der Waals surface area contributed by atoms with Crippen LogP contribution < -0.4 is 10.0 Å². The Kier molecular flexibility index (Phi) is 5.76. The molecule has 0 bridgehead atoms. The molecular weight excluding hydrogens is 372 g/mol. The highest BCUT2D eigenvalue weighted by Gasteiger charge is 2.22. The Morgan fingerprint density at radius 2 is 1.79 bits per heavy atom. The topological polar surface area (TPSA) is 92.3 Å². The van der Waals surface area contributed by atoms with E-state index in [9.17, 15) is 17.4 Å². The molecule has 24 heavy (non-hydrogen) atoms. The number of carbonyl (C=O) groups is 1. The summed E-state index contributed by atoms with van der Waals surface area (Å²) < 4.78 is 39.2. The smallest absolute Gasteiger partial charge is 0.241 e. The predicted octanol–water partition coefficient (Wildman–Crippen LogP) is 2.37. The zero-order valence-corrected chi connectivity index (χ0v) is 15.3. The number of nitrogens with one attached hydrogen (secondary N) is 2. The van der Waals surface area contributed by atoms with E-state index in [1.165, 1.54) is 26.1 Å². The van der Waals surface area contributed by atoms with E-state index in [-0.39, 0.29) is 26.4 Å². The van der Waals surface area contributed by atoms with Gasteiger partial charge in [0.1, 0.15) is 4.90 Å². The Morgan fingerprint density at radius 3 is 2.33 bits per heavy atom. The van der Waals surface area contributed by atoms with E-state index in [2.05, 4.69) is 10.0 Å². The van der Waals surface area contributed by atoms with Crippen LogP contribution in [-0.4, -0.2) is 25.6 Å². The Bertz CT molecular complexity index is 899. The normalized spacial score (nSPS) is 12.6. The van der Waals surface area contributed by atoms with Crippen LogP contribution >= 0.6 is 11.6 Å². The summed E-state index contributed by atoms with van der Waals surface area (Å²) in [5.41, 5.74) is 0.199. The molecule has 0 aromatic heterocycles. The third kappa shape index (κ3) is 4.02. The second-order valence-corrected chi connectivity index (χ2v) is 8.46. The van der Waals surface area contributed by atoms with Gasteiger partial charge in [-0.1, -0.05) is 29.8 Å². The van der Waals surface area contributed by atoms with Crippen molar-refractivity contribution in [2.75, 3.05) is 12.4 Å². The van der Waals surface area contributed by atoms with Crippen LogP contribution in [0.25, 0.3) is 0 Å². The molecule has 0 aliphatic rings. The van der Waals surface area contributed by atoms with E-state index in [0.717, 1.165) is 0 Å². The van der Waals surface area contributed by atoms with Gasteiger partial charge in [0, 0.05) is 11.8 Å². The Morgan fingerprint density at radius 1 is 1.17 bits per heavy atom. The van der Waals surface area contributed by atoms with Crippen molar-refractivity contribution >= 4 is 44.0 Å². The molecule has 1 amide bonds. The van der Waals surface area contributed by atoms with Gasteiger partial charge in [-0.25, -0.2) is 17.3 Å². The molecule has 2 aromatic carbocycles. The maximum atomic E-state index is 12.8. The maximum absolute atomic E-state index is 12.8. The van der Waals surface area contributed by atoms with Crippen LogP contribution in [0.1, 0.15) is 6.92 Å². The first-order valence-corrected chi connectivity index (χ1v) is 9.79. The largest absolute Gasteiger partial charge is 0.325 e. The van der Waals surface area contributed by atoms with Crippen LogP contribution in [0, 0.1) is 0 Å². The fourth-order valence-electron chi connectivity index (χ4n) is 1.96. The maximum Gasteiger partial charge on any atom is 0.241 e. The van der Waals surface area contributed by atoms with Crippen molar-refractivity contribution in [2.45, 2.75) is 21.6 Å². The molecule has 0 radical (unpaired) electrons. The van der Waals surface area contributed by atoms with Gasteiger partial charge in [0.2, 0.25) is 15.9 Å². The monoisotopic (exact) mass is 386 g/mol. The van der Waals surface area contributed by atoms with Crippen molar-refractivity contribution in [1.29, 1.82) is 0 Å². The summed E-state index contributed by atoms with van der Waals surface area (Å²) in [5.74, 6) is -0.387. The molecule has 2 aromatic rings. The van der Waals surface area contributed by atoms with Gasteiger partial charge in [0.15, 0.2) is 0 Å². The summed E-state index contributed by atoms with van der Waals surface area (Å²) in [5, 5.41) is 2.45. The van der Waals surface area contributed by atoms with Crippen LogP contribution in [0.3, 0.4) is 0 Å². The third-order valence-corrected chi connectivity index (χ3v) is 6.38. The van der Waals surface area contributed by atoms with Gasteiger partial charge in [0.25, 0.3) is 0 Å². The Labute approximate surface area is 147 Å². The third-order valence-electron chi connectivity index (χ3n) is 3.06. The number of rotatable bonds is 5. The SMILES string of the molecule is CNS(=O)(=O)c1cc(S(=O)c2ccccc2)c(NC(C)=O)cc1Cl. The molecule has 1 atom stereocenters. The average molecular weight is 387 g/mol. The molecule has 0 saturated heterocycles. The van der Waals surface area contributed by atoms with Gasteiger partial charge in [-0.05, 0) is 31.3 Å². The summed E-state index contributed by atoms with van der Waals surface area (Å²) in [7, 11) is -4.29. The molecule has 2 rings (SSSR count). The number of halogens is 1. The molecule has 9 heteroatoms. The number of amides is 1. The summed E-state index contributed by atoms with van der Waals surface area (Å²) in [4.78, 5) is 11.8. The van der Waals surface area contributed by atoms with Crippen molar-refractivity contribution in [3.05, 3.63) is 47.5 Å². The number of carbonyl (C=O) groups excluding carboxylic acids is 1. The number of hydrogen-bond donors (Lipinski definition) is 2. The first kappa shape index (κ1) is 18.6. The molecule has 0 spiro atoms. The molecule has 2 N–H and O–H groups in total. The molecule has 0 aliphatic carbocycles.